The van der Waals surface area contributed by atoms with Gasteiger partial charge in [0.1, 0.15) is 13.1 Å². The molecule has 0 aromatic heterocycles. The number of hydrogen-bond donors (Lipinski definition) is 0. The Hall–Kier alpha value is -3.60. The van der Waals surface area contributed by atoms with E-state index in [0.29, 0.717) is 21.2 Å². The summed E-state index contributed by atoms with van der Waals surface area (Å²) in [6.07, 6.45) is 0. The Labute approximate surface area is 115 Å². The summed E-state index contributed by atoms with van der Waals surface area (Å²) in [7, 11) is 0. The van der Waals surface area contributed by atoms with E-state index in [1.54, 1.807) is 36.4 Å². The molecule has 0 bridgehead atoms. The van der Waals surface area contributed by atoms with Gasteiger partial charge in [-0.05, 0) is 16.0 Å². The molecule has 90 valence electrons. The number of benzene rings is 2. The molecule has 0 N–H and O–H groups in total. The minimum Gasteiger partial charge on any atom is -0.226 e. The second-order valence-electron chi connectivity index (χ2n) is 3.83. The van der Waals surface area contributed by atoms with E-state index in [0.717, 1.165) is 0 Å². The summed E-state index contributed by atoms with van der Waals surface area (Å²) >= 11 is 0. The standard InChI is InChI=1S/C16H6N4/c1-18-15(10-17)13-8-9-14(16(19-2)20-3)12-7-5-4-6-11(12)13/h4-9H/b15-13-. The van der Waals surface area contributed by atoms with Crippen LogP contribution >= 0.6 is 0 Å². The molecule has 2 rings (SSSR count). The van der Waals surface area contributed by atoms with Gasteiger partial charge < -0.3 is 0 Å². The molecular formula is C16H6N4. The monoisotopic (exact) mass is 254 g/mol. The van der Waals surface area contributed by atoms with Gasteiger partial charge >= 0.3 is 5.82 Å². The van der Waals surface area contributed by atoms with Gasteiger partial charge in [0.05, 0.1) is 17.9 Å². The Kier molecular flexibility index (Phi) is 3.45. The highest BCUT2D eigenvalue weighted by atomic mass is 14.9. The van der Waals surface area contributed by atoms with Crippen LogP contribution in [-0.2, 0) is 0 Å². The van der Waals surface area contributed by atoms with Crippen molar-refractivity contribution in [2.75, 3.05) is 0 Å². The van der Waals surface area contributed by atoms with Crippen molar-refractivity contribution in [1.29, 1.82) is 5.26 Å². The van der Waals surface area contributed by atoms with Gasteiger partial charge in [0.25, 0.3) is 5.70 Å². The molecular weight excluding hydrogens is 248 g/mol. The quantitative estimate of drug-likeness (QED) is 0.664. The Morgan fingerprint density at radius 1 is 0.850 bits per heavy atom. The van der Waals surface area contributed by atoms with Gasteiger partial charge in [-0.25, -0.2) is 10.1 Å². The van der Waals surface area contributed by atoms with Gasteiger partial charge in [-0.3, -0.25) is 0 Å². The first kappa shape index (κ1) is 12.8. The zero-order valence-electron chi connectivity index (χ0n) is 10.3. The Morgan fingerprint density at radius 3 is 1.90 bits per heavy atom. The Balaban J connectivity index is 3.21. The molecule has 0 fully saturated rings. The van der Waals surface area contributed by atoms with Gasteiger partial charge in [0, 0.05) is 0 Å². The van der Waals surface area contributed by atoms with Crippen LogP contribution in [0.15, 0.2) is 36.4 Å². The third-order valence-corrected chi connectivity index (χ3v) is 2.85. The van der Waals surface area contributed by atoms with Crippen LogP contribution in [0.3, 0.4) is 0 Å². The highest BCUT2D eigenvalue weighted by Crippen LogP contribution is 2.09. The van der Waals surface area contributed by atoms with Gasteiger partial charge in [0.15, 0.2) is 0 Å². The lowest BCUT2D eigenvalue weighted by molar-refractivity contribution is 1.52. The molecule has 0 aliphatic heterocycles. The first-order valence-corrected chi connectivity index (χ1v) is 5.55. The summed E-state index contributed by atoms with van der Waals surface area (Å²) in [5, 5.41) is 11.4. The fourth-order valence-electron chi connectivity index (χ4n) is 1.99. The fraction of sp³-hybridized carbons (Fsp3) is 0. The Bertz CT molecular complexity index is 872. The van der Waals surface area contributed by atoms with Crippen molar-refractivity contribution in [3.63, 3.8) is 0 Å². The van der Waals surface area contributed by atoms with Crippen LogP contribution in [0.4, 0.5) is 0 Å². The normalized spacial score (nSPS) is 10.6. The van der Waals surface area contributed by atoms with Gasteiger partial charge in [-0.1, -0.05) is 36.4 Å². The Morgan fingerprint density at radius 2 is 1.40 bits per heavy atom. The second-order valence-corrected chi connectivity index (χ2v) is 3.83. The zero-order valence-corrected chi connectivity index (χ0v) is 10.3. The van der Waals surface area contributed by atoms with Crippen molar-refractivity contribution in [2.45, 2.75) is 0 Å². The minimum atomic E-state index is -0.0194. The van der Waals surface area contributed by atoms with Crippen LogP contribution < -0.4 is 10.4 Å². The summed E-state index contributed by atoms with van der Waals surface area (Å²) in [4.78, 5) is 9.66. The first-order valence-electron chi connectivity index (χ1n) is 5.55. The average molecular weight is 254 g/mol. The van der Waals surface area contributed by atoms with Crippen LogP contribution in [0.25, 0.3) is 36.8 Å². The molecule has 2 aromatic rings. The highest BCUT2D eigenvalue weighted by molar-refractivity contribution is 5.89. The molecule has 0 unspecified atom stereocenters. The fourth-order valence-corrected chi connectivity index (χ4v) is 1.99. The molecule has 0 heterocycles. The second kappa shape index (κ2) is 5.36. The molecule has 4 heteroatoms. The summed E-state index contributed by atoms with van der Waals surface area (Å²) in [6, 6.07) is 12.3. The maximum absolute atomic E-state index is 9.01. The third-order valence-electron chi connectivity index (χ3n) is 2.85. The van der Waals surface area contributed by atoms with Crippen LogP contribution in [0.2, 0.25) is 0 Å². The molecule has 0 spiro atoms. The molecule has 0 radical (unpaired) electrons. The predicted octanol–water partition coefficient (Wildman–Crippen LogP) is 2.30. The summed E-state index contributed by atoms with van der Waals surface area (Å²) in [5.74, 6) is -0.0194. The zero-order chi connectivity index (χ0) is 14.5. The van der Waals surface area contributed by atoms with Crippen LogP contribution in [-0.4, -0.2) is 0 Å². The maximum Gasteiger partial charge on any atom is 0.527 e. The van der Waals surface area contributed by atoms with Crippen molar-refractivity contribution in [1.82, 2.24) is 0 Å². The molecule has 20 heavy (non-hydrogen) atoms. The van der Waals surface area contributed by atoms with E-state index in [1.807, 2.05) is 6.07 Å². The minimum absolute atomic E-state index is 0.0000699. The number of hydrogen-bond acceptors (Lipinski definition) is 1. The van der Waals surface area contributed by atoms with Crippen molar-refractivity contribution in [3.8, 4) is 6.07 Å². The van der Waals surface area contributed by atoms with Crippen LogP contribution in [0.5, 0.6) is 0 Å². The van der Waals surface area contributed by atoms with Gasteiger partial charge in [-0.2, -0.15) is 9.69 Å². The number of fused-ring (bicyclic) bond motifs is 1. The lowest BCUT2D eigenvalue weighted by Gasteiger charge is -1.99. The van der Waals surface area contributed by atoms with E-state index < -0.39 is 0 Å². The molecule has 0 aliphatic rings. The van der Waals surface area contributed by atoms with E-state index in [-0.39, 0.29) is 11.5 Å². The van der Waals surface area contributed by atoms with E-state index in [1.165, 1.54) is 0 Å². The van der Waals surface area contributed by atoms with Crippen molar-refractivity contribution >= 4 is 22.3 Å². The lowest BCUT2D eigenvalue weighted by Crippen LogP contribution is -2.14. The van der Waals surface area contributed by atoms with Gasteiger partial charge in [0.2, 0.25) is 0 Å². The van der Waals surface area contributed by atoms with E-state index in [4.69, 9.17) is 25.0 Å². The summed E-state index contributed by atoms with van der Waals surface area (Å²) < 4.78 is 0. The molecule has 4 nitrogen and oxygen atoms in total. The largest absolute Gasteiger partial charge is 0.527 e. The van der Waals surface area contributed by atoms with Crippen molar-refractivity contribution in [2.24, 2.45) is 0 Å². The highest BCUT2D eigenvalue weighted by Gasteiger charge is 2.09. The van der Waals surface area contributed by atoms with Crippen LogP contribution in [0.1, 0.15) is 0 Å². The summed E-state index contributed by atoms with van der Waals surface area (Å²) in [6.45, 7) is 21.1. The third kappa shape index (κ3) is 1.95. The van der Waals surface area contributed by atoms with E-state index in [2.05, 4.69) is 14.5 Å². The van der Waals surface area contributed by atoms with Crippen molar-refractivity contribution in [3.05, 3.63) is 81.1 Å². The predicted molar refractivity (Wildman–Crippen MR) is 75.4 cm³/mol. The van der Waals surface area contributed by atoms with Crippen LogP contribution in [0, 0.1) is 31.0 Å². The van der Waals surface area contributed by atoms with Gasteiger partial charge in [-0.15, -0.1) is 0 Å². The molecule has 0 atom stereocenters. The molecule has 0 amide bonds. The number of nitriles is 1. The average Bonchev–Trinajstić information content (AvgIpc) is 2.51. The smallest absolute Gasteiger partial charge is 0.226 e. The van der Waals surface area contributed by atoms with Crippen molar-refractivity contribution < 1.29 is 0 Å². The topological polar surface area (TPSA) is 36.9 Å². The summed E-state index contributed by atoms with van der Waals surface area (Å²) in [5.41, 5.74) is -0.0000699. The maximum atomic E-state index is 9.01. The molecule has 0 saturated carbocycles. The molecule has 0 aliphatic carbocycles. The SMILES string of the molecule is [C-]#[N+]C([N+]#[C-])=c1cc/c(=C(\C#N)[N+]#[C-])c2ccccc12. The molecule has 2 aromatic carbocycles. The number of nitrogens with zero attached hydrogens (tertiary/aromatic N) is 4. The van der Waals surface area contributed by atoms with E-state index >= 15 is 0 Å². The van der Waals surface area contributed by atoms with E-state index in [9.17, 15) is 0 Å². The molecule has 0 saturated heterocycles. The lowest BCUT2D eigenvalue weighted by atomic mass is 10.0. The first-order chi connectivity index (χ1) is 9.76. The number of rotatable bonds is 0.